The molecule has 0 aliphatic carbocycles. The van der Waals surface area contributed by atoms with Gasteiger partial charge in [0.2, 0.25) is 6.41 Å². The van der Waals surface area contributed by atoms with E-state index in [0.717, 1.165) is 12.0 Å². The van der Waals surface area contributed by atoms with Crippen LogP contribution in [-0.2, 0) is 4.79 Å². The summed E-state index contributed by atoms with van der Waals surface area (Å²) in [6, 6.07) is 8.45. The van der Waals surface area contributed by atoms with Crippen molar-refractivity contribution >= 4 is 6.41 Å². The van der Waals surface area contributed by atoms with Gasteiger partial charge in [-0.15, -0.1) is 0 Å². The van der Waals surface area contributed by atoms with Crippen LogP contribution in [0.5, 0.6) is 0 Å². The van der Waals surface area contributed by atoms with E-state index in [4.69, 9.17) is 0 Å². The predicted molar refractivity (Wildman–Crippen MR) is 58.1 cm³/mol. The first kappa shape index (κ1) is 10.8. The number of hydrogen-bond donors (Lipinski definition) is 1. The summed E-state index contributed by atoms with van der Waals surface area (Å²) in [5.41, 5.74) is 2.47. The fourth-order valence-electron chi connectivity index (χ4n) is 1.37. The quantitative estimate of drug-likeness (QED) is 0.728. The van der Waals surface area contributed by atoms with E-state index < -0.39 is 0 Å². The van der Waals surface area contributed by atoms with E-state index >= 15 is 0 Å². The van der Waals surface area contributed by atoms with Crippen LogP contribution in [0.1, 0.15) is 43.9 Å². The first-order chi connectivity index (χ1) is 6.65. The third kappa shape index (κ3) is 2.59. The number of carbonyl (C=O) groups is 1. The minimum absolute atomic E-state index is 0.0914. The Bertz CT molecular complexity index is 290. The van der Waals surface area contributed by atoms with Crippen LogP contribution in [0, 0.1) is 0 Å². The highest BCUT2D eigenvalue weighted by atomic mass is 16.1. The fourth-order valence-corrected chi connectivity index (χ4v) is 1.37. The van der Waals surface area contributed by atoms with Crippen LogP contribution < -0.4 is 5.32 Å². The zero-order chi connectivity index (χ0) is 10.6. The van der Waals surface area contributed by atoms with Crippen molar-refractivity contribution in [2.24, 2.45) is 0 Å². The summed E-state index contributed by atoms with van der Waals surface area (Å²) in [7, 11) is 0. The van der Waals surface area contributed by atoms with Crippen LogP contribution in [0.2, 0.25) is 0 Å². The second-order valence-corrected chi connectivity index (χ2v) is 3.83. The number of nitrogens with one attached hydrogen (secondary N) is 1. The Kier molecular flexibility index (Phi) is 3.69. The molecule has 1 N–H and O–H groups in total. The van der Waals surface area contributed by atoms with Crippen molar-refractivity contribution in [3.05, 3.63) is 35.4 Å². The molecule has 1 atom stereocenters. The van der Waals surface area contributed by atoms with E-state index in [0.29, 0.717) is 5.92 Å². The van der Waals surface area contributed by atoms with Crippen molar-refractivity contribution in [3.8, 4) is 0 Å². The molecule has 0 heterocycles. The van der Waals surface area contributed by atoms with E-state index in [1.807, 2.05) is 6.92 Å². The highest BCUT2D eigenvalue weighted by Crippen LogP contribution is 2.17. The van der Waals surface area contributed by atoms with E-state index in [2.05, 4.69) is 43.4 Å². The molecule has 0 aliphatic rings. The molecule has 1 rings (SSSR count). The van der Waals surface area contributed by atoms with Crippen LogP contribution in [0.25, 0.3) is 0 Å². The Hall–Kier alpha value is -1.31. The number of hydrogen-bond acceptors (Lipinski definition) is 1. The van der Waals surface area contributed by atoms with Gasteiger partial charge in [0.1, 0.15) is 0 Å². The summed E-state index contributed by atoms with van der Waals surface area (Å²) in [5.74, 6) is 0.554. The van der Waals surface area contributed by atoms with Gasteiger partial charge in [0, 0.05) is 0 Å². The highest BCUT2D eigenvalue weighted by molar-refractivity contribution is 5.47. The summed E-state index contributed by atoms with van der Waals surface area (Å²) < 4.78 is 0. The molecule has 1 aromatic carbocycles. The highest BCUT2D eigenvalue weighted by Gasteiger charge is 2.04. The predicted octanol–water partition coefficient (Wildman–Crippen LogP) is 2.62. The standard InChI is InChI=1S/C12H17NO/c1-9(2)11-4-6-12(7-5-11)10(3)13-8-14/h4-10H,1-3H3,(H,13,14). The molecule has 2 nitrogen and oxygen atoms in total. The van der Waals surface area contributed by atoms with Gasteiger partial charge in [-0.2, -0.15) is 0 Å². The topological polar surface area (TPSA) is 29.1 Å². The molecule has 0 fully saturated rings. The lowest BCUT2D eigenvalue weighted by atomic mass is 10.00. The molecule has 2 heteroatoms. The zero-order valence-electron chi connectivity index (χ0n) is 8.95. The van der Waals surface area contributed by atoms with E-state index in [1.165, 1.54) is 5.56 Å². The van der Waals surface area contributed by atoms with Crippen molar-refractivity contribution in [1.82, 2.24) is 5.32 Å². The molecular weight excluding hydrogens is 174 g/mol. The van der Waals surface area contributed by atoms with Crippen molar-refractivity contribution in [2.45, 2.75) is 32.7 Å². The van der Waals surface area contributed by atoms with E-state index in [1.54, 1.807) is 0 Å². The van der Waals surface area contributed by atoms with Crippen LogP contribution in [0.4, 0.5) is 0 Å². The van der Waals surface area contributed by atoms with Gasteiger partial charge >= 0.3 is 0 Å². The van der Waals surface area contributed by atoms with Crippen LogP contribution in [0.3, 0.4) is 0 Å². The lowest BCUT2D eigenvalue weighted by Gasteiger charge is -2.12. The molecule has 1 unspecified atom stereocenters. The Labute approximate surface area is 85.3 Å². The number of rotatable bonds is 4. The Morgan fingerprint density at radius 3 is 2.00 bits per heavy atom. The maximum absolute atomic E-state index is 10.3. The first-order valence-electron chi connectivity index (χ1n) is 4.94. The lowest BCUT2D eigenvalue weighted by molar-refractivity contribution is -0.110. The van der Waals surface area contributed by atoms with Gasteiger partial charge in [0.25, 0.3) is 0 Å². The zero-order valence-corrected chi connectivity index (χ0v) is 8.95. The second kappa shape index (κ2) is 4.80. The smallest absolute Gasteiger partial charge is 0.207 e. The molecule has 0 saturated heterocycles. The monoisotopic (exact) mass is 191 g/mol. The molecule has 0 saturated carbocycles. The molecule has 0 radical (unpaired) electrons. The molecule has 14 heavy (non-hydrogen) atoms. The molecule has 0 spiro atoms. The minimum Gasteiger partial charge on any atom is -0.352 e. The number of amides is 1. The van der Waals surface area contributed by atoms with Gasteiger partial charge < -0.3 is 5.32 Å². The van der Waals surface area contributed by atoms with Crippen molar-refractivity contribution in [1.29, 1.82) is 0 Å². The van der Waals surface area contributed by atoms with Crippen LogP contribution >= 0.6 is 0 Å². The van der Waals surface area contributed by atoms with Gasteiger partial charge in [-0.3, -0.25) is 4.79 Å². The van der Waals surface area contributed by atoms with E-state index in [-0.39, 0.29) is 6.04 Å². The normalized spacial score (nSPS) is 12.6. The number of carbonyl (C=O) groups excluding carboxylic acids is 1. The van der Waals surface area contributed by atoms with Crippen molar-refractivity contribution in [3.63, 3.8) is 0 Å². The Morgan fingerprint density at radius 1 is 1.07 bits per heavy atom. The molecule has 1 aromatic rings. The molecule has 0 bridgehead atoms. The Morgan fingerprint density at radius 2 is 1.57 bits per heavy atom. The van der Waals surface area contributed by atoms with Gasteiger partial charge in [-0.25, -0.2) is 0 Å². The summed E-state index contributed by atoms with van der Waals surface area (Å²) in [4.78, 5) is 10.3. The van der Waals surface area contributed by atoms with Crippen LogP contribution in [0.15, 0.2) is 24.3 Å². The second-order valence-electron chi connectivity index (χ2n) is 3.83. The van der Waals surface area contributed by atoms with Crippen molar-refractivity contribution in [2.75, 3.05) is 0 Å². The summed E-state index contributed by atoms with van der Waals surface area (Å²) in [5, 5.41) is 2.73. The van der Waals surface area contributed by atoms with Crippen LogP contribution in [-0.4, -0.2) is 6.41 Å². The van der Waals surface area contributed by atoms with E-state index in [9.17, 15) is 4.79 Å². The Balaban J connectivity index is 2.77. The maximum atomic E-state index is 10.3. The molecule has 0 aromatic heterocycles. The average Bonchev–Trinajstić information content (AvgIpc) is 2.18. The molecule has 0 aliphatic heterocycles. The fraction of sp³-hybridized carbons (Fsp3) is 0.417. The lowest BCUT2D eigenvalue weighted by Crippen LogP contribution is -2.15. The molecule has 1 amide bonds. The molecule has 76 valence electrons. The number of benzene rings is 1. The third-order valence-electron chi connectivity index (χ3n) is 2.42. The van der Waals surface area contributed by atoms with Crippen molar-refractivity contribution < 1.29 is 4.79 Å². The summed E-state index contributed by atoms with van der Waals surface area (Å²) >= 11 is 0. The van der Waals surface area contributed by atoms with Gasteiger partial charge in [0.05, 0.1) is 6.04 Å². The third-order valence-corrected chi connectivity index (χ3v) is 2.42. The van der Waals surface area contributed by atoms with Gasteiger partial charge in [0.15, 0.2) is 0 Å². The summed E-state index contributed by atoms with van der Waals surface area (Å²) in [6.45, 7) is 6.31. The first-order valence-corrected chi connectivity index (χ1v) is 4.94. The minimum atomic E-state index is 0.0914. The average molecular weight is 191 g/mol. The SMILES string of the molecule is CC(C)c1ccc(C(C)NC=O)cc1. The largest absolute Gasteiger partial charge is 0.352 e. The summed E-state index contributed by atoms with van der Waals surface area (Å²) in [6.07, 6.45) is 0.737. The molecular formula is C12H17NO. The maximum Gasteiger partial charge on any atom is 0.207 e. The van der Waals surface area contributed by atoms with Gasteiger partial charge in [-0.1, -0.05) is 38.1 Å². The van der Waals surface area contributed by atoms with Gasteiger partial charge in [-0.05, 0) is 24.0 Å².